The zero-order valence-corrected chi connectivity index (χ0v) is 17.8. The average molecular weight is 485 g/mol. The highest BCUT2D eigenvalue weighted by atomic mass is 32.2. The van der Waals surface area contributed by atoms with Crippen molar-refractivity contribution in [3.63, 3.8) is 0 Å². The van der Waals surface area contributed by atoms with Crippen LogP contribution in [0.15, 0.2) is 21.9 Å². The van der Waals surface area contributed by atoms with E-state index in [1.807, 2.05) is 0 Å². The Bertz CT molecular complexity index is 1020. The molecule has 0 aromatic carbocycles. The largest absolute Gasteiger partial charge is 0.479 e. The number of hydrogen-bond donors (Lipinski definition) is 3. The number of nitrogens with zero attached hydrogens (tertiary/aromatic N) is 4. The first kappa shape index (κ1) is 23.1. The van der Waals surface area contributed by atoms with Gasteiger partial charge >= 0.3 is 17.9 Å². The van der Waals surface area contributed by atoms with Gasteiger partial charge in [0.05, 0.1) is 0 Å². The van der Waals surface area contributed by atoms with Crippen LogP contribution < -0.4 is 5.32 Å². The standard InChI is InChI=1S/C16H15N5O9S2/c1-6(22)29-2-7-4-31-15-10(14(26)21(15)11(7)16(27)28)18-13(25)9(12-17-5-32-20-12)19-30-3-8(23)24/h5,10,15H,2-4H2,1H3,(H,18,25)(H,23,24)(H,27,28)/t10-,15-/m1/s1. The van der Waals surface area contributed by atoms with Gasteiger partial charge in [-0.3, -0.25) is 19.3 Å². The molecule has 2 aliphatic rings. The van der Waals surface area contributed by atoms with Crippen LogP contribution >= 0.6 is 23.3 Å². The Balaban J connectivity index is 1.76. The van der Waals surface area contributed by atoms with Gasteiger partial charge < -0.3 is 25.1 Å². The van der Waals surface area contributed by atoms with Gasteiger partial charge in [-0.05, 0) is 11.5 Å². The molecule has 3 N–H and O–H groups in total. The van der Waals surface area contributed by atoms with Crippen LogP contribution in [0, 0.1) is 0 Å². The number of carboxylic acids is 2. The van der Waals surface area contributed by atoms with E-state index in [2.05, 4.69) is 24.7 Å². The molecule has 16 heteroatoms. The first-order chi connectivity index (χ1) is 15.2. The Morgan fingerprint density at radius 1 is 1.34 bits per heavy atom. The molecule has 0 unspecified atom stereocenters. The number of carbonyl (C=O) groups excluding carboxylic acids is 3. The third-order valence-corrected chi connectivity index (χ3v) is 5.94. The van der Waals surface area contributed by atoms with Gasteiger partial charge in [0, 0.05) is 18.2 Å². The second kappa shape index (κ2) is 9.73. The first-order valence-electron chi connectivity index (χ1n) is 8.73. The molecule has 1 aromatic heterocycles. The Hall–Kier alpha value is -3.53. The van der Waals surface area contributed by atoms with Crippen LogP contribution in [-0.4, -0.2) is 90.3 Å². The van der Waals surface area contributed by atoms with Gasteiger partial charge in [-0.15, -0.1) is 11.8 Å². The predicted molar refractivity (Wildman–Crippen MR) is 106 cm³/mol. The maximum Gasteiger partial charge on any atom is 0.352 e. The summed E-state index contributed by atoms with van der Waals surface area (Å²) in [6, 6.07) is -1.08. The molecule has 3 heterocycles. The SMILES string of the molecule is CC(=O)OCC1=C(C(=O)O)N2C(=O)[C@@H](NC(=O)C(=NOCC(=O)O)c3ncsn3)[C@H]2SC1. The van der Waals surface area contributed by atoms with E-state index in [0.717, 1.165) is 16.4 Å². The smallest absolute Gasteiger partial charge is 0.352 e. The first-order valence-corrected chi connectivity index (χ1v) is 10.6. The number of hydrogen-bond acceptors (Lipinski definition) is 12. The number of carbonyl (C=O) groups is 5. The lowest BCUT2D eigenvalue weighted by molar-refractivity contribution is -0.150. The van der Waals surface area contributed by atoms with E-state index < -0.39 is 53.5 Å². The van der Waals surface area contributed by atoms with Crippen molar-refractivity contribution in [2.24, 2.45) is 5.16 Å². The van der Waals surface area contributed by atoms with Crippen molar-refractivity contribution in [2.45, 2.75) is 18.3 Å². The molecule has 0 spiro atoms. The van der Waals surface area contributed by atoms with Crippen molar-refractivity contribution in [2.75, 3.05) is 19.0 Å². The minimum Gasteiger partial charge on any atom is -0.479 e. The topological polar surface area (TPSA) is 198 Å². The van der Waals surface area contributed by atoms with Crippen LogP contribution in [0.25, 0.3) is 0 Å². The van der Waals surface area contributed by atoms with E-state index in [4.69, 9.17) is 9.84 Å². The van der Waals surface area contributed by atoms with E-state index in [1.165, 1.54) is 24.2 Å². The lowest BCUT2D eigenvalue weighted by Gasteiger charge is -2.49. The van der Waals surface area contributed by atoms with Gasteiger partial charge in [0.1, 0.15) is 29.2 Å². The molecule has 0 aliphatic carbocycles. The molecule has 3 rings (SSSR count). The number of β-lactam (4-membered cyclic amide) rings is 1. The molecule has 14 nitrogen and oxygen atoms in total. The Morgan fingerprint density at radius 2 is 2.09 bits per heavy atom. The number of nitrogens with one attached hydrogen (secondary N) is 1. The fraction of sp³-hybridized carbons (Fsp3) is 0.375. The lowest BCUT2D eigenvalue weighted by atomic mass is 10.0. The third kappa shape index (κ3) is 4.86. The van der Waals surface area contributed by atoms with Gasteiger partial charge in [0.15, 0.2) is 0 Å². The Labute approximate surface area is 187 Å². The minimum atomic E-state index is -1.37. The summed E-state index contributed by atoms with van der Waals surface area (Å²) in [5, 5.41) is 23.4. The maximum atomic E-state index is 12.7. The number of esters is 1. The zero-order valence-electron chi connectivity index (χ0n) is 16.2. The summed E-state index contributed by atoms with van der Waals surface area (Å²) >= 11 is 2.09. The summed E-state index contributed by atoms with van der Waals surface area (Å²) in [4.78, 5) is 68.2. The zero-order chi connectivity index (χ0) is 23.4. The number of carboxylic acid groups (broad SMARTS) is 2. The molecule has 2 aliphatic heterocycles. The van der Waals surface area contributed by atoms with Crippen molar-refractivity contribution in [3.05, 3.63) is 22.6 Å². The van der Waals surface area contributed by atoms with Crippen LogP contribution in [0.2, 0.25) is 0 Å². The number of ether oxygens (including phenoxy) is 1. The summed E-state index contributed by atoms with van der Waals surface area (Å²) in [7, 11) is 0. The lowest BCUT2D eigenvalue weighted by Crippen LogP contribution is -2.71. The second-order valence-corrected chi connectivity index (χ2v) is 7.97. The average Bonchev–Trinajstić information content (AvgIpc) is 3.26. The van der Waals surface area contributed by atoms with Gasteiger partial charge in [-0.25, -0.2) is 14.6 Å². The van der Waals surface area contributed by atoms with Gasteiger partial charge in [-0.2, -0.15) is 4.37 Å². The summed E-state index contributed by atoms with van der Waals surface area (Å²) in [6.45, 7) is 0.0920. The normalized spacial score (nSPS) is 20.2. The van der Waals surface area contributed by atoms with E-state index >= 15 is 0 Å². The highest BCUT2D eigenvalue weighted by Gasteiger charge is 2.54. The number of amides is 2. The molecule has 1 fully saturated rings. The van der Waals surface area contributed by atoms with Gasteiger partial charge in [0.25, 0.3) is 11.8 Å². The molecule has 32 heavy (non-hydrogen) atoms. The predicted octanol–water partition coefficient (Wildman–Crippen LogP) is -1.35. The van der Waals surface area contributed by atoms with Crippen molar-refractivity contribution in [1.29, 1.82) is 0 Å². The molecular formula is C16H15N5O9S2. The fourth-order valence-electron chi connectivity index (χ4n) is 2.80. The van der Waals surface area contributed by atoms with E-state index in [0.29, 0.717) is 0 Å². The van der Waals surface area contributed by atoms with Crippen LogP contribution in [0.5, 0.6) is 0 Å². The number of thioether (sulfide) groups is 1. The van der Waals surface area contributed by atoms with Gasteiger partial charge in [0.2, 0.25) is 18.1 Å². The van der Waals surface area contributed by atoms with Crippen LogP contribution in [0.1, 0.15) is 12.7 Å². The van der Waals surface area contributed by atoms with Crippen LogP contribution in [0.3, 0.4) is 0 Å². The number of oxime groups is 1. The quantitative estimate of drug-likeness (QED) is 0.161. The van der Waals surface area contributed by atoms with Crippen molar-refractivity contribution in [1.82, 2.24) is 19.6 Å². The maximum absolute atomic E-state index is 12.7. The van der Waals surface area contributed by atoms with Crippen LogP contribution in [0.4, 0.5) is 0 Å². The van der Waals surface area contributed by atoms with Gasteiger partial charge in [-0.1, -0.05) is 5.16 Å². The molecule has 170 valence electrons. The molecule has 1 aromatic rings. The van der Waals surface area contributed by atoms with Crippen molar-refractivity contribution in [3.8, 4) is 0 Å². The number of aromatic nitrogens is 2. The second-order valence-electron chi connectivity index (χ2n) is 6.26. The highest BCUT2D eigenvalue weighted by Crippen LogP contribution is 2.40. The third-order valence-electron chi connectivity index (χ3n) is 4.12. The van der Waals surface area contributed by atoms with Crippen LogP contribution in [-0.2, 0) is 33.5 Å². The minimum absolute atomic E-state index is 0.132. The van der Waals surface area contributed by atoms with Crippen molar-refractivity contribution >= 4 is 58.7 Å². The molecule has 0 bridgehead atoms. The summed E-state index contributed by atoms with van der Waals surface area (Å²) in [6.07, 6.45) is 0. The Kier molecular flexibility index (Phi) is 7.04. The molecular weight excluding hydrogens is 470 g/mol. The molecule has 1 saturated heterocycles. The molecule has 2 atom stereocenters. The number of rotatable bonds is 9. The van der Waals surface area contributed by atoms with E-state index in [9.17, 15) is 29.1 Å². The summed E-state index contributed by atoms with van der Waals surface area (Å²) in [5.41, 5.74) is 0.828. The molecule has 0 saturated carbocycles. The van der Waals surface area contributed by atoms with E-state index in [-0.39, 0.29) is 29.5 Å². The molecule has 0 radical (unpaired) electrons. The van der Waals surface area contributed by atoms with Crippen molar-refractivity contribution < 1.29 is 43.8 Å². The fourth-order valence-corrected chi connectivity index (χ4v) is 4.56. The Morgan fingerprint density at radius 3 is 2.69 bits per heavy atom. The number of fused-ring (bicyclic) bond motifs is 1. The summed E-state index contributed by atoms with van der Waals surface area (Å²) < 4.78 is 8.71. The van der Waals surface area contributed by atoms with E-state index in [1.54, 1.807) is 0 Å². The highest BCUT2D eigenvalue weighted by molar-refractivity contribution is 8.00. The molecule has 2 amide bonds. The monoisotopic (exact) mass is 485 g/mol. The summed E-state index contributed by atoms with van der Waals surface area (Å²) in [5.74, 6) is -4.85. The number of aliphatic carboxylic acids is 2.